The number of carbonyl (C=O) groups excluding carboxylic acids is 1. The lowest BCUT2D eigenvalue weighted by Crippen LogP contribution is -2.18. The molecule has 2 aromatic carbocycles. The molecule has 0 saturated carbocycles. The monoisotopic (exact) mass is 321 g/mol. The van der Waals surface area contributed by atoms with Crippen LogP contribution in [0, 0.1) is 0 Å². The van der Waals surface area contributed by atoms with E-state index in [4.69, 9.17) is 10.5 Å². The topological polar surface area (TPSA) is 81.0 Å². The summed E-state index contributed by atoms with van der Waals surface area (Å²) in [6.45, 7) is 0.250. The molecule has 5 heteroatoms. The molecule has 1 aromatic heterocycles. The number of H-pyrrole nitrogens is 1. The molecule has 0 fully saturated rings. The molecule has 0 saturated heterocycles. The van der Waals surface area contributed by atoms with Crippen LogP contribution in [-0.4, -0.2) is 15.9 Å². The van der Waals surface area contributed by atoms with Gasteiger partial charge in [-0.2, -0.15) is 0 Å². The van der Waals surface area contributed by atoms with E-state index in [9.17, 15) is 4.79 Å². The Morgan fingerprint density at radius 3 is 2.46 bits per heavy atom. The number of rotatable bonds is 6. The summed E-state index contributed by atoms with van der Waals surface area (Å²) in [7, 11) is 0. The second-order valence-corrected chi connectivity index (χ2v) is 5.51. The molecule has 3 N–H and O–H groups in total. The molecule has 5 nitrogen and oxygen atoms in total. The van der Waals surface area contributed by atoms with Crippen LogP contribution >= 0.6 is 0 Å². The number of imidazole rings is 1. The maximum Gasteiger partial charge on any atom is 0.308 e. The quantitative estimate of drug-likeness (QED) is 0.683. The van der Waals surface area contributed by atoms with Gasteiger partial charge in [-0.3, -0.25) is 4.79 Å². The Bertz CT molecular complexity index is 785. The zero-order valence-corrected chi connectivity index (χ0v) is 13.2. The Morgan fingerprint density at radius 1 is 1.08 bits per heavy atom. The minimum atomic E-state index is -0.522. The van der Waals surface area contributed by atoms with Gasteiger partial charge in [-0.1, -0.05) is 60.7 Å². The zero-order valence-electron chi connectivity index (χ0n) is 13.2. The molecule has 0 aliphatic carbocycles. The number of benzene rings is 2. The molecular formula is C19H19N3O2. The highest BCUT2D eigenvalue weighted by Crippen LogP contribution is 2.19. The van der Waals surface area contributed by atoms with Crippen molar-refractivity contribution in [2.45, 2.75) is 19.1 Å². The molecule has 1 atom stereocenters. The van der Waals surface area contributed by atoms with E-state index in [2.05, 4.69) is 9.97 Å². The van der Waals surface area contributed by atoms with E-state index in [-0.39, 0.29) is 19.0 Å². The minimum absolute atomic E-state index is 0.0780. The highest BCUT2D eigenvalue weighted by Gasteiger charge is 2.16. The average Bonchev–Trinajstić information content (AvgIpc) is 3.12. The number of nitrogens with zero attached hydrogens (tertiary/aromatic N) is 1. The molecule has 24 heavy (non-hydrogen) atoms. The van der Waals surface area contributed by atoms with Crippen molar-refractivity contribution in [3.63, 3.8) is 0 Å². The summed E-state index contributed by atoms with van der Waals surface area (Å²) in [5.41, 5.74) is 8.91. The Balaban J connectivity index is 1.56. The molecule has 0 aliphatic heterocycles. The fourth-order valence-corrected chi connectivity index (χ4v) is 2.36. The van der Waals surface area contributed by atoms with E-state index >= 15 is 0 Å². The minimum Gasteiger partial charge on any atom is -0.461 e. The maximum atomic E-state index is 11.9. The van der Waals surface area contributed by atoms with Crippen LogP contribution in [0.2, 0.25) is 0 Å². The van der Waals surface area contributed by atoms with E-state index in [1.807, 2.05) is 60.7 Å². The van der Waals surface area contributed by atoms with Crippen molar-refractivity contribution < 1.29 is 9.53 Å². The predicted octanol–water partition coefficient (Wildman–Crippen LogP) is 3.21. The zero-order chi connectivity index (χ0) is 16.8. The average molecular weight is 321 g/mol. The predicted molar refractivity (Wildman–Crippen MR) is 91.8 cm³/mol. The Kier molecular flexibility index (Phi) is 5.03. The number of aromatic nitrogens is 2. The first-order chi connectivity index (χ1) is 11.7. The lowest BCUT2D eigenvalue weighted by atomic mass is 10.2. The standard InChI is InChI=1S/C19H19N3O2/c20-16(11-18(23)24-13-14-7-3-1-4-8-14)19-21-12-17(22-19)15-9-5-2-6-10-15/h1-10,12,16H,11,13,20H2,(H,21,22)/t16-/m0/s1. The van der Waals surface area contributed by atoms with Crippen LogP contribution in [0.4, 0.5) is 0 Å². The molecule has 0 unspecified atom stereocenters. The second-order valence-electron chi connectivity index (χ2n) is 5.51. The van der Waals surface area contributed by atoms with E-state index in [1.54, 1.807) is 6.20 Å². The van der Waals surface area contributed by atoms with Crippen LogP contribution in [0.3, 0.4) is 0 Å². The summed E-state index contributed by atoms with van der Waals surface area (Å²) in [4.78, 5) is 19.4. The van der Waals surface area contributed by atoms with Gasteiger partial charge in [-0.05, 0) is 11.1 Å². The number of carbonyl (C=O) groups is 1. The van der Waals surface area contributed by atoms with E-state index in [0.29, 0.717) is 5.82 Å². The molecule has 0 amide bonds. The van der Waals surface area contributed by atoms with Crippen LogP contribution in [0.5, 0.6) is 0 Å². The number of nitrogens with one attached hydrogen (secondary N) is 1. The first kappa shape index (κ1) is 16.0. The largest absolute Gasteiger partial charge is 0.461 e. The molecule has 0 radical (unpaired) electrons. The number of esters is 1. The summed E-state index contributed by atoms with van der Waals surface area (Å²) < 4.78 is 5.25. The van der Waals surface area contributed by atoms with E-state index in [0.717, 1.165) is 16.8 Å². The number of ether oxygens (including phenoxy) is 1. The number of aromatic amines is 1. The van der Waals surface area contributed by atoms with Crippen molar-refractivity contribution in [2.24, 2.45) is 5.73 Å². The Hall–Kier alpha value is -2.92. The third kappa shape index (κ3) is 4.08. The molecular weight excluding hydrogens is 302 g/mol. The van der Waals surface area contributed by atoms with Crippen LogP contribution in [0.15, 0.2) is 66.9 Å². The van der Waals surface area contributed by atoms with Gasteiger partial charge < -0.3 is 15.5 Å². The Morgan fingerprint density at radius 2 is 1.75 bits per heavy atom. The fraction of sp³-hybridized carbons (Fsp3) is 0.158. The number of hydrogen-bond donors (Lipinski definition) is 2. The van der Waals surface area contributed by atoms with Gasteiger partial charge in [-0.15, -0.1) is 0 Å². The molecule has 0 bridgehead atoms. The summed E-state index contributed by atoms with van der Waals surface area (Å²) >= 11 is 0. The first-order valence-corrected chi connectivity index (χ1v) is 7.78. The molecule has 0 aliphatic rings. The molecule has 3 rings (SSSR count). The van der Waals surface area contributed by atoms with Gasteiger partial charge in [-0.25, -0.2) is 4.98 Å². The van der Waals surface area contributed by atoms with Crippen molar-refractivity contribution >= 4 is 5.97 Å². The smallest absolute Gasteiger partial charge is 0.308 e. The van der Waals surface area contributed by atoms with Crippen LogP contribution in [0.25, 0.3) is 11.3 Å². The van der Waals surface area contributed by atoms with Gasteiger partial charge in [0.1, 0.15) is 12.4 Å². The maximum absolute atomic E-state index is 11.9. The van der Waals surface area contributed by atoms with Crippen LogP contribution in [0.1, 0.15) is 23.9 Å². The van der Waals surface area contributed by atoms with Gasteiger partial charge in [0.15, 0.2) is 0 Å². The van der Waals surface area contributed by atoms with E-state index in [1.165, 1.54) is 0 Å². The number of nitrogens with two attached hydrogens (primary N) is 1. The van der Waals surface area contributed by atoms with Crippen LogP contribution < -0.4 is 5.73 Å². The molecule has 0 spiro atoms. The van der Waals surface area contributed by atoms with Gasteiger partial charge in [0.2, 0.25) is 0 Å². The third-order valence-corrected chi connectivity index (χ3v) is 3.66. The third-order valence-electron chi connectivity index (χ3n) is 3.66. The van der Waals surface area contributed by atoms with E-state index < -0.39 is 6.04 Å². The lowest BCUT2D eigenvalue weighted by Gasteiger charge is -2.09. The fourth-order valence-electron chi connectivity index (χ4n) is 2.36. The Labute approximate surface area is 140 Å². The van der Waals surface area contributed by atoms with Gasteiger partial charge in [0.25, 0.3) is 0 Å². The van der Waals surface area contributed by atoms with Gasteiger partial charge in [0.05, 0.1) is 24.4 Å². The second kappa shape index (κ2) is 7.57. The normalized spacial score (nSPS) is 11.9. The molecule has 1 heterocycles. The first-order valence-electron chi connectivity index (χ1n) is 7.78. The number of hydrogen-bond acceptors (Lipinski definition) is 4. The summed E-state index contributed by atoms with van der Waals surface area (Å²) in [6.07, 6.45) is 1.80. The highest BCUT2D eigenvalue weighted by molar-refractivity contribution is 5.70. The summed E-state index contributed by atoms with van der Waals surface area (Å²) in [6, 6.07) is 18.9. The van der Waals surface area contributed by atoms with Crippen molar-refractivity contribution in [3.05, 3.63) is 78.2 Å². The van der Waals surface area contributed by atoms with Crippen LogP contribution in [-0.2, 0) is 16.1 Å². The highest BCUT2D eigenvalue weighted by atomic mass is 16.5. The van der Waals surface area contributed by atoms with Gasteiger partial charge >= 0.3 is 5.97 Å². The van der Waals surface area contributed by atoms with Crippen molar-refractivity contribution in [1.29, 1.82) is 0 Å². The van der Waals surface area contributed by atoms with Gasteiger partial charge in [0, 0.05) is 0 Å². The lowest BCUT2D eigenvalue weighted by molar-refractivity contribution is -0.145. The van der Waals surface area contributed by atoms with Crippen molar-refractivity contribution in [3.8, 4) is 11.3 Å². The SMILES string of the molecule is N[C@@H](CC(=O)OCc1ccccc1)c1ncc(-c2ccccc2)[nH]1. The molecule has 3 aromatic rings. The molecule has 122 valence electrons. The summed E-state index contributed by atoms with van der Waals surface area (Å²) in [5, 5.41) is 0. The van der Waals surface area contributed by atoms with Crippen molar-refractivity contribution in [1.82, 2.24) is 9.97 Å². The van der Waals surface area contributed by atoms with Crippen molar-refractivity contribution in [2.75, 3.05) is 0 Å². The summed E-state index contributed by atoms with van der Waals surface area (Å²) in [5.74, 6) is 0.231.